The summed E-state index contributed by atoms with van der Waals surface area (Å²) in [5.41, 5.74) is 11.3. The summed E-state index contributed by atoms with van der Waals surface area (Å²) >= 11 is 1.88. The van der Waals surface area contributed by atoms with Crippen molar-refractivity contribution in [3.8, 4) is 44.9 Å². The number of benzene rings is 10. The van der Waals surface area contributed by atoms with Gasteiger partial charge in [-0.05, 0) is 85.9 Å². The molecule has 14 aromatic rings. The molecule has 0 unspecified atom stereocenters. The SMILES string of the molecule is c1ccc(-c2ccc3ccc4ccc(-c5ccc6c7ccc(-c8cccc(-c9nc%10ccccc%10c%10c9ccc9c%11ccccc%11sc9%10)c8)cc7c7ccccc7c6c5)nc4c3n2)cc1. The Morgan fingerprint density at radius 3 is 1.57 bits per heavy atom. The second kappa shape index (κ2) is 14.1. The van der Waals surface area contributed by atoms with Crippen LogP contribution in [0.5, 0.6) is 0 Å². The van der Waals surface area contributed by atoms with Crippen molar-refractivity contribution in [3.05, 3.63) is 212 Å². The highest BCUT2D eigenvalue weighted by atomic mass is 32.1. The third-order valence-corrected chi connectivity index (χ3v) is 14.6. The molecule has 14 rings (SSSR count). The zero-order valence-electron chi connectivity index (χ0n) is 35.0. The molecular weight excluding hydrogens is 807 g/mol. The maximum absolute atomic E-state index is 5.36. The quantitative estimate of drug-likeness (QED) is 0.166. The zero-order valence-corrected chi connectivity index (χ0v) is 35.8. The zero-order chi connectivity index (χ0) is 42.6. The van der Waals surface area contributed by atoms with E-state index in [-0.39, 0.29) is 0 Å². The molecule has 0 aliphatic carbocycles. The van der Waals surface area contributed by atoms with Crippen molar-refractivity contribution >= 4 is 107 Å². The van der Waals surface area contributed by atoms with Crippen molar-refractivity contribution in [3.63, 3.8) is 0 Å². The Balaban J connectivity index is 0.897. The molecule has 10 aromatic carbocycles. The van der Waals surface area contributed by atoms with Gasteiger partial charge < -0.3 is 0 Å². The van der Waals surface area contributed by atoms with E-state index in [0.29, 0.717) is 0 Å². The van der Waals surface area contributed by atoms with Gasteiger partial charge in [-0.2, -0.15) is 0 Å². The number of para-hydroxylation sites is 1. The number of rotatable bonds is 4. The number of pyridine rings is 3. The maximum Gasteiger partial charge on any atom is 0.0972 e. The molecule has 0 N–H and O–H groups in total. The van der Waals surface area contributed by atoms with Crippen molar-refractivity contribution in [2.45, 2.75) is 0 Å². The molecule has 0 aliphatic heterocycles. The van der Waals surface area contributed by atoms with E-state index in [4.69, 9.17) is 15.0 Å². The van der Waals surface area contributed by atoms with E-state index >= 15 is 0 Å². The molecule has 4 heterocycles. The van der Waals surface area contributed by atoms with Crippen LogP contribution in [-0.2, 0) is 0 Å². The van der Waals surface area contributed by atoms with Gasteiger partial charge in [-0.3, -0.25) is 0 Å². The second-order valence-electron chi connectivity index (χ2n) is 17.1. The van der Waals surface area contributed by atoms with Crippen LogP contribution < -0.4 is 0 Å². The first-order valence-corrected chi connectivity index (χ1v) is 22.9. The van der Waals surface area contributed by atoms with Crippen LogP contribution >= 0.6 is 11.3 Å². The fraction of sp³-hybridized carbons (Fsp3) is 0. The highest BCUT2D eigenvalue weighted by molar-refractivity contribution is 7.26. The predicted molar refractivity (Wildman–Crippen MR) is 277 cm³/mol. The lowest BCUT2D eigenvalue weighted by Crippen LogP contribution is -1.92. The average molecular weight is 842 g/mol. The van der Waals surface area contributed by atoms with Crippen LogP contribution in [-0.4, -0.2) is 15.0 Å². The Labute approximate surface area is 377 Å². The van der Waals surface area contributed by atoms with Crippen molar-refractivity contribution in [1.29, 1.82) is 0 Å². The van der Waals surface area contributed by atoms with Gasteiger partial charge in [0, 0.05) is 63.8 Å². The highest BCUT2D eigenvalue weighted by Gasteiger charge is 2.18. The molecular formula is C61H35N3S. The Hall–Kier alpha value is -8.31. The predicted octanol–water partition coefficient (Wildman–Crippen LogP) is 17.0. The molecule has 0 radical (unpaired) electrons. The molecule has 4 aromatic heterocycles. The number of nitrogens with zero attached hydrogens (tertiary/aromatic N) is 3. The fourth-order valence-corrected chi connectivity index (χ4v) is 11.5. The maximum atomic E-state index is 5.36. The first-order chi connectivity index (χ1) is 32.2. The number of hydrogen-bond donors (Lipinski definition) is 0. The molecule has 0 amide bonds. The topological polar surface area (TPSA) is 38.7 Å². The van der Waals surface area contributed by atoms with E-state index in [1.165, 1.54) is 74.2 Å². The monoisotopic (exact) mass is 841 g/mol. The van der Waals surface area contributed by atoms with Gasteiger partial charge in [0.2, 0.25) is 0 Å². The lowest BCUT2D eigenvalue weighted by molar-refractivity contribution is 1.37. The van der Waals surface area contributed by atoms with E-state index in [2.05, 4.69) is 206 Å². The molecule has 0 saturated carbocycles. The fourth-order valence-electron chi connectivity index (χ4n) is 10.3. The Kier molecular flexibility index (Phi) is 7.85. The lowest BCUT2D eigenvalue weighted by Gasteiger charge is -2.14. The van der Waals surface area contributed by atoms with E-state index in [1.54, 1.807) is 0 Å². The van der Waals surface area contributed by atoms with Gasteiger partial charge in [0.15, 0.2) is 0 Å². The average Bonchev–Trinajstić information content (AvgIpc) is 3.77. The van der Waals surface area contributed by atoms with Crippen molar-refractivity contribution in [2.24, 2.45) is 0 Å². The van der Waals surface area contributed by atoms with Crippen molar-refractivity contribution in [1.82, 2.24) is 15.0 Å². The van der Waals surface area contributed by atoms with Gasteiger partial charge in [0.05, 0.1) is 33.6 Å². The summed E-state index contributed by atoms with van der Waals surface area (Å²) in [6, 6.07) is 76.7. The Bertz CT molecular complexity index is 4280. The highest BCUT2D eigenvalue weighted by Crippen LogP contribution is 2.44. The summed E-state index contributed by atoms with van der Waals surface area (Å²) in [6.45, 7) is 0. The van der Waals surface area contributed by atoms with Gasteiger partial charge in [-0.15, -0.1) is 11.3 Å². The summed E-state index contributed by atoms with van der Waals surface area (Å²) in [4.78, 5) is 15.8. The second-order valence-corrected chi connectivity index (χ2v) is 18.1. The van der Waals surface area contributed by atoms with Gasteiger partial charge in [-0.25, -0.2) is 15.0 Å². The van der Waals surface area contributed by atoms with Crippen LogP contribution in [0.15, 0.2) is 212 Å². The molecule has 0 saturated heterocycles. The van der Waals surface area contributed by atoms with Crippen LogP contribution in [0.4, 0.5) is 0 Å². The van der Waals surface area contributed by atoms with Crippen LogP contribution in [0.3, 0.4) is 0 Å². The lowest BCUT2D eigenvalue weighted by atomic mass is 9.90. The third-order valence-electron chi connectivity index (χ3n) is 13.4. The first-order valence-electron chi connectivity index (χ1n) is 22.1. The molecule has 0 bridgehead atoms. The molecule has 0 aliphatic rings. The largest absolute Gasteiger partial charge is 0.247 e. The Morgan fingerprint density at radius 2 is 0.815 bits per heavy atom. The molecule has 3 nitrogen and oxygen atoms in total. The standard InChI is InChI=1S/C61H35N3S/c1-2-11-36(12-3-1)53-31-25-37-21-22-38-26-32-54(63-60(38)59(37)62-53)41-24-28-46-45-27-23-40(34-51(45)43-15-4-5-16-44(43)52(46)35-41)39-13-10-14-42(33-39)58-50-30-29-48-47-17-7-9-20-56(47)65-61(48)57(50)49-18-6-8-19-55(49)64-58/h1-35H. The van der Waals surface area contributed by atoms with Crippen LogP contribution in [0.1, 0.15) is 0 Å². The van der Waals surface area contributed by atoms with E-state index < -0.39 is 0 Å². The Morgan fingerprint density at radius 1 is 0.292 bits per heavy atom. The summed E-state index contributed by atoms with van der Waals surface area (Å²) < 4.78 is 2.63. The molecule has 4 heteroatoms. The van der Waals surface area contributed by atoms with Crippen molar-refractivity contribution in [2.75, 3.05) is 0 Å². The van der Waals surface area contributed by atoms with Gasteiger partial charge in [-0.1, -0.05) is 170 Å². The summed E-state index contributed by atoms with van der Waals surface area (Å²) in [7, 11) is 0. The number of aromatic nitrogens is 3. The van der Waals surface area contributed by atoms with E-state index in [1.807, 2.05) is 17.4 Å². The smallest absolute Gasteiger partial charge is 0.0972 e. The van der Waals surface area contributed by atoms with E-state index in [9.17, 15) is 0 Å². The number of thiophene rings is 1. The summed E-state index contributed by atoms with van der Waals surface area (Å²) in [5.74, 6) is 0. The van der Waals surface area contributed by atoms with Gasteiger partial charge in [0.25, 0.3) is 0 Å². The van der Waals surface area contributed by atoms with E-state index in [0.717, 1.165) is 66.7 Å². The van der Waals surface area contributed by atoms with Gasteiger partial charge >= 0.3 is 0 Å². The summed E-state index contributed by atoms with van der Waals surface area (Å²) in [6.07, 6.45) is 0. The molecule has 0 fully saturated rings. The molecule has 65 heavy (non-hydrogen) atoms. The van der Waals surface area contributed by atoms with Crippen LogP contribution in [0, 0.1) is 0 Å². The normalized spacial score (nSPS) is 12.0. The summed E-state index contributed by atoms with van der Waals surface area (Å²) in [5, 5.41) is 15.8. The third kappa shape index (κ3) is 5.64. The number of hydrogen-bond acceptors (Lipinski definition) is 4. The molecule has 0 atom stereocenters. The van der Waals surface area contributed by atoms with Crippen molar-refractivity contribution < 1.29 is 0 Å². The molecule has 0 spiro atoms. The number of fused-ring (bicyclic) bond motifs is 16. The van der Waals surface area contributed by atoms with Gasteiger partial charge in [0.1, 0.15) is 0 Å². The van der Waals surface area contributed by atoms with Crippen LogP contribution in [0.25, 0.3) is 141 Å². The minimum absolute atomic E-state index is 0.913. The van der Waals surface area contributed by atoms with Crippen LogP contribution in [0.2, 0.25) is 0 Å². The minimum atomic E-state index is 0.913. The molecule has 300 valence electrons. The first kappa shape index (κ1) is 36.2. The minimum Gasteiger partial charge on any atom is -0.247 e.